The van der Waals surface area contributed by atoms with Gasteiger partial charge in [-0.25, -0.2) is 17.9 Å². The van der Waals surface area contributed by atoms with Gasteiger partial charge in [0.05, 0.1) is 0 Å². The third kappa shape index (κ3) is 3.56. The molecule has 0 aliphatic heterocycles. The molecule has 1 rings (SSSR count). The van der Waals surface area contributed by atoms with Crippen molar-refractivity contribution in [1.29, 1.82) is 0 Å². The summed E-state index contributed by atoms with van der Waals surface area (Å²) in [6.07, 6.45) is 0.992. The van der Waals surface area contributed by atoms with Gasteiger partial charge in [-0.2, -0.15) is 0 Å². The fourth-order valence-corrected chi connectivity index (χ4v) is 2.61. The maximum Gasteiger partial charge on any atom is 0.371 e. The van der Waals surface area contributed by atoms with Gasteiger partial charge in [0.15, 0.2) is 0 Å². The number of unbranched alkanes of at least 4 members (excludes halogenated alkanes) is 1. The highest BCUT2D eigenvalue weighted by Gasteiger charge is 2.23. The summed E-state index contributed by atoms with van der Waals surface area (Å²) in [6.45, 7) is 1.56. The largest absolute Gasteiger partial charge is 0.475 e. The summed E-state index contributed by atoms with van der Waals surface area (Å²) in [6, 6.07) is 0.978. The number of hydrogen-bond acceptors (Lipinski definition) is 5. The van der Waals surface area contributed by atoms with Gasteiger partial charge in [-0.3, -0.25) is 0 Å². The van der Waals surface area contributed by atoms with Crippen molar-refractivity contribution in [3.05, 3.63) is 17.6 Å². The molecule has 102 valence electrons. The van der Waals surface area contributed by atoms with Crippen LogP contribution in [0.2, 0.25) is 0 Å². The van der Waals surface area contributed by atoms with E-state index < -0.39 is 21.8 Å². The van der Waals surface area contributed by atoms with Gasteiger partial charge in [0, 0.05) is 19.2 Å². The number of carboxylic acids is 1. The first-order valence-corrected chi connectivity index (χ1v) is 6.81. The molecule has 0 saturated carbocycles. The van der Waals surface area contributed by atoms with Crippen LogP contribution in [0.1, 0.15) is 29.2 Å². The fraction of sp³-hybridized carbons (Fsp3) is 0.500. The summed E-state index contributed by atoms with van der Waals surface area (Å²) in [5, 5.41) is 17.3. The van der Waals surface area contributed by atoms with Crippen LogP contribution in [0.5, 0.6) is 0 Å². The molecule has 1 aromatic rings. The van der Waals surface area contributed by atoms with Gasteiger partial charge in [-0.15, -0.1) is 0 Å². The number of aliphatic hydroxyl groups excluding tert-OH is 1. The molecule has 0 radical (unpaired) electrons. The number of aliphatic hydroxyl groups is 1. The number of hydrogen-bond donors (Lipinski definition) is 3. The number of carboxylic acid groups (broad SMARTS) is 1. The van der Waals surface area contributed by atoms with Crippen LogP contribution in [0.15, 0.2) is 15.4 Å². The summed E-state index contributed by atoms with van der Waals surface area (Å²) >= 11 is 0. The van der Waals surface area contributed by atoms with Crippen LogP contribution in [0.4, 0.5) is 0 Å². The average molecular weight is 277 g/mol. The van der Waals surface area contributed by atoms with E-state index in [1.165, 1.54) is 6.92 Å². The van der Waals surface area contributed by atoms with Crippen molar-refractivity contribution >= 4 is 16.0 Å². The van der Waals surface area contributed by atoms with E-state index in [-0.39, 0.29) is 23.8 Å². The first-order valence-electron chi connectivity index (χ1n) is 5.32. The second-order valence-electron chi connectivity index (χ2n) is 3.66. The molecule has 18 heavy (non-hydrogen) atoms. The van der Waals surface area contributed by atoms with Gasteiger partial charge >= 0.3 is 5.97 Å². The van der Waals surface area contributed by atoms with Crippen LogP contribution < -0.4 is 4.72 Å². The summed E-state index contributed by atoms with van der Waals surface area (Å²) in [7, 11) is -3.77. The molecule has 0 atom stereocenters. The highest BCUT2D eigenvalue weighted by atomic mass is 32.2. The van der Waals surface area contributed by atoms with Gasteiger partial charge < -0.3 is 14.6 Å². The standard InChI is InChI=1S/C10H15NO6S/c1-7-9(6-8(17-7)10(13)14)18(15,16)11-4-2-3-5-12/h6,11-12H,2-5H2,1H3,(H,13,14). The zero-order valence-electron chi connectivity index (χ0n) is 9.84. The Bertz CT molecular complexity index is 518. The van der Waals surface area contributed by atoms with E-state index in [9.17, 15) is 13.2 Å². The van der Waals surface area contributed by atoms with Crippen LogP contribution in [-0.2, 0) is 10.0 Å². The Labute approximate surface area is 104 Å². The molecular formula is C10H15NO6S. The van der Waals surface area contributed by atoms with Crippen LogP contribution in [0, 0.1) is 6.92 Å². The molecule has 0 unspecified atom stereocenters. The van der Waals surface area contributed by atoms with Crippen molar-refractivity contribution in [3.63, 3.8) is 0 Å². The Balaban J connectivity index is 2.81. The molecule has 0 bridgehead atoms. The lowest BCUT2D eigenvalue weighted by molar-refractivity contribution is 0.0661. The molecule has 1 heterocycles. The number of aryl methyl sites for hydroxylation is 1. The third-order valence-electron chi connectivity index (χ3n) is 2.25. The van der Waals surface area contributed by atoms with E-state index in [0.29, 0.717) is 12.8 Å². The van der Waals surface area contributed by atoms with Gasteiger partial charge in [0.1, 0.15) is 10.7 Å². The monoisotopic (exact) mass is 277 g/mol. The Morgan fingerprint density at radius 2 is 2.11 bits per heavy atom. The molecule has 0 fully saturated rings. The molecule has 3 N–H and O–H groups in total. The van der Waals surface area contributed by atoms with Crippen molar-refractivity contribution < 1.29 is 27.8 Å². The Morgan fingerprint density at radius 3 is 2.61 bits per heavy atom. The number of aromatic carboxylic acids is 1. The Kier molecular flexibility index (Phi) is 4.88. The molecule has 0 amide bonds. The van der Waals surface area contributed by atoms with Gasteiger partial charge in [-0.1, -0.05) is 0 Å². The number of rotatable bonds is 7. The Hall–Kier alpha value is -1.38. The lowest BCUT2D eigenvalue weighted by atomic mass is 10.3. The second kappa shape index (κ2) is 5.98. The quantitative estimate of drug-likeness (QED) is 0.619. The van der Waals surface area contributed by atoms with E-state index in [1.54, 1.807) is 0 Å². The van der Waals surface area contributed by atoms with Crippen LogP contribution in [-0.4, -0.2) is 37.8 Å². The average Bonchev–Trinajstić information content (AvgIpc) is 2.68. The number of nitrogens with one attached hydrogen (secondary N) is 1. The summed E-state index contributed by atoms with van der Waals surface area (Å²) < 4.78 is 30.8. The fourth-order valence-electron chi connectivity index (χ4n) is 1.36. The molecule has 0 aliphatic rings. The lowest BCUT2D eigenvalue weighted by Crippen LogP contribution is -2.25. The van der Waals surface area contributed by atoms with Crippen LogP contribution >= 0.6 is 0 Å². The van der Waals surface area contributed by atoms with E-state index in [1.807, 2.05) is 0 Å². The summed E-state index contributed by atoms with van der Waals surface area (Å²) in [5.41, 5.74) is 0. The minimum atomic E-state index is -3.77. The first kappa shape index (κ1) is 14.7. The predicted molar refractivity (Wildman–Crippen MR) is 61.9 cm³/mol. The van der Waals surface area contributed by atoms with Crippen molar-refractivity contribution in [2.45, 2.75) is 24.7 Å². The minimum absolute atomic E-state index is 0.00434. The number of furan rings is 1. The topological polar surface area (TPSA) is 117 Å². The number of carbonyl (C=O) groups is 1. The molecular weight excluding hydrogens is 262 g/mol. The summed E-state index contributed by atoms with van der Waals surface area (Å²) in [5.74, 6) is -1.70. The van der Waals surface area contributed by atoms with E-state index >= 15 is 0 Å². The highest BCUT2D eigenvalue weighted by Crippen LogP contribution is 2.19. The third-order valence-corrected chi connectivity index (χ3v) is 3.82. The van der Waals surface area contributed by atoms with E-state index in [4.69, 9.17) is 14.6 Å². The zero-order chi connectivity index (χ0) is 13.8. The predicted octanol–water partition coefficient (Wildman–Crippen LogP) is 0.337. The normalized spacial score (nSPS) is 11.7. The highest BCUT2D eigenvalue weighted by molar-refractivity contribution is 7.89. The maximum absolute atomic E-state index is 11.8. The van der Waals surface area contributed by atoms with E-state index in [0.717, 1.165) is 6.07 Å². The molecule has 0 aliphatic carbocycles. The smallest absolute Gasteiger partial charge is 0.371 e. The van der Waals surface area contributed by atoms with Crippen molar-refractivity contribution in [2.75, 3.05) is 13.2 Å². The summed E-state index contributed by atoms with van der Waals surface area (Å²) in [4.78, 5) is 10.5. The first-order chi connectivity index (χ1) is 8.38. The molecule has 0 saturated heterocycles. The zero-order valence-corrected chi connectivity index (χ0v) is 10.7. The molecule has 8 heteroatoms. The SMILES string of the molecule is Cc1oc(C(=O)O)cc1S(=O)(=O)NCCCCO. The van der Waals surface area contributed by atoms with Gasteiger partial charge in [-0.05, 0) is 19.8 Å². The minimum Gasteiger partial charge on any atom is -0.475 e. The van der Waals surface area contributed by atoms with Crippen molar-refractivity contribution in [3.8, 4) is 0 Å². The Morgan fingerprint density at radius 1 is 1.44 bits per heavy atom. The molecule has 1 aromatic heterocycles. The lowest BCUT2D eigenvalue weighted by Gasteiger charge is -2.04. The van der Waals surface area contributed by atoms with Gasteiger partial charge in [0.2, 0.25) is 15.8 Å². The van der Waals surface area contributed by atoms with Gasteiger partial charge in [0.25, 0.3) is 0 Å². The second-order valence-corrected chi connectivity index (χ2v) is 5.40. The molecule has 7 nitrogen and oxygen atoms in total. The van der Waals surface area contributed by atoms with Crippen molar-refractivity contribution in [1.82, 2.24) is 4.72 Å². The van der Waals surface area contributed by atoms with Crippen LogP contribution in [0.3, 0.4) is 0 Å². The maximum atomic E-state index is 11.8. The molecule has 0 aromatic carbocycles. The van der Waals surface area contributed by atoms with Crippen molar-refractivity contribution in [2.24, 2.45) is 0 Å². The molecule has 0 spiro atoms. The van der Waals surface area contributed by atoms with E-state index in [2.05, 4.69) is 4.72 Å². The number of sulfonamides is 1. The van der Waals surface area contributed by atoms with Crippen LogP contribution in [0.25, 0.3) is 0 Å².